The lowest BCUT2D eigenvalue weighted by atomic mass is 10.2. The minimum Gasteiger partial charge on any atom is -0.462 e. The minimum absolute atomic E-state index is 0.0317. The molecule has 1 aromatic carbocycles. The number of carbonyl (C=O) groups is 1. The molecular formula is C14H11F3N2O3. The molecule has 0 aliphatic heterocycles. The van der Waals surface area contributed by atoms with Crippen molar-refractivity contribution in [1.29, 1.82) is 0 Å². The van der Waals surface area contributed by atoms with Crippen LogP contribution in [0, 0.1) is 17.5 Å². The second kappa shape index (κ2) is 6.33. The highest BCUT2D eigenvalue weighted by molar-refractivity contribution is 5.95. The molecule has 0 unspecified atom stereocenters. The van der Waals surface area contributed by atoms with Gasteiger partial charge in [0.2, 0.25) is 0 Å². The number of ether oxygens (including phenoxy) is 1. The highest BCUT2D eigenvalue weighted by Gasteiger charge is 2.18. The second-order valence-electron chi connectivity index (χ2n) is 4.20. The molecule has 1 heterocycles. The van der Waals surface area contributed by atoms with Crippen molar-refractivity contribution in [3.05, 3.63) is 57.6 Å². The lowest BCUT2D eigenvalue weighted by molar-refractivity contribution is 0.0526. The Morgan fingerprint density at radius 1 is 1.23 bits per heavy atom. The number of nitrogens with one attached hydrogen (secondary N) is 2. The van der Waals surface area contributed by atoms with Gasteiger partial charge in [0, 0.05) is 6.07 Å². The smallest absolute Gasteiger partial charge is 0.341 e. The van der Waals surface area contributed by atoms with Gasteiger partial charge in [0.15, 0.2) is 5.82 Å². The number of benzene rings is 1. The van der Waals surface area contributed by atoms with Gasteiger partial charge in [0.25, 0.3) is 5.56 Å². The number of H-pyrrole nitrogens is 1. The Hall–Kier alpha value is -2.77. The fourth-order valence-electron chi connectivity index (χ4n) is 1.70. The van der Waals surface area contributed by atoms with Crippen molar-refractivity contribution >= 4 is 17.5 Å². The molecular weight excluding hydrogens is 301 g/mol. The number of carbonyl (C=O) groups excluding carboxylic acids is 1. The zero-order valence-corrected chi connectivity index (χ0v) is 11.4. The third-order valence-electron chi connectivity index (χ3n) is 2.68. The van der Waals surface area contributed by atoms with Gasteiger partial charge in [0.1, 0.15) is 23.0 Å². The minimum atomic E-state index is -1.19. The van der Waals surface area contributed by atoms with Gasteiger partial charge in [-0.05, 0) is 25.1 Å². The summed E-state index contributed by atoms with van der Waals surface area (Å²) in [4.78, 5) is 25.1. The van der Waals surface area contributed by atoms with Crippen molar-refractivity contribution in [2.24, 2.45) is 0 Å². The molecule has 0 amide bonds. The molecule has 2 rings (SSSR count). The molecule has 0 aliphatic rings. The van der Waals surface area contributed by atoms with Crippen LogP contribution in [0.3, 0.4) is 0 Å². The van der Waals surface area contributed by atoms with E-state index in [0.717, 1.165) is 12.1 Å². The molecule has 0 saturated carbocycles. The van der Waals surface area contributed by atoms with Crippen molar-refractivity contribution in [1.82, 2.24) is 4.98 Å². The summed E-state index contributed by atoms with van der Waals surface area (Å²) in [5.74, 6) is -4.08. The predicted octanol–water partition coefficient (Wildman–Crippen LogP) is 2.71. The van der Waals surface area contributed by atoms with Crippen LogP contribution in [0.15, 0.2) is 29.1 Å². The van der Waals surface area contributed by atoms with E-state index >= 15 is 0 Å². The SMILES string of the molecule is CCOC(=O)c1cc(F)c(=O)[nH]c1Nc1ccc(F)cc1F. The fraction of sp³-hybridized carbons (Fsp3) is 0.143. The standard InChI is InChI=1S/C14H11F3N2O3/c1-2-22-14(21)8-6-10(17)13(20)19-12(8)18-11-4-3-7(15)5-9(11)16/h3-6H,2H2,1H3,(H2,18,19,20). The molecule has 2 N–H and O–H groups in total. The van der Waals surface area contributed by atoms with Crippen LogP contribution in [-0.4, -0.2) is 17.6 Å². The molecule has 8 heteroatoms. The Balaban J connectivity index is 2.47. The second-order valence-corrected chi connectivity index (χ2v) is 4.20. The van der Waals surface area contributed by atoms with E-state index in [9.17, 15) is 22.8 Å². The molecule has 0 saturated heterocycles. The lowest BCUT2D eigenvalue weighted by Crippen LogP contribution is -2.18. The number of hydrogen-bond donors (Lipinski definition) is 2. The van der Waals surface area contributed by atoms with Crippen molar-refractivity contribution < 1.29 is 22.7 Å². The third-order valence-corrected chi connectivity index (χ3v) is 2.68. The highest BCUT2D eigenvalue weighted by atomic mass is 19.1. The first-order valence-electron chi connectivity index (χ1n) is 6.24. The number of pyridine rings is 1. The Bertz CT molecular complexity index is 774. The van der Waals surface area contributed by atoms with E-state index in [-0.39, 0.29) is 23.7 Å². The molecule has 0 aliphatic carbocycles. The van der Waals surface area contributed by atoms with E-state index in [4.69, 9.17) is 4.74 Å². The Morgan fingerprint density at radius 3 is 2.59 bits per heavy atom. The number of aromatic nitrogens is 1. The summed E-state index contributed by atoms with van der Waals surface area (Å²) in [7, 11) is 0. The molecule has 5 nitrogen and oxygen atoms in total. The van der Waals surface area contributed by atoms with E-state index in [1.54, 1.807) is 6.92 Å². The highest BCUT2D eigenvalue weighted by Crippen LogP contribution is 2.22. The largest absolute Gasteiger partial charge is 0.462 e. The first kappa shape index (κ1) is 15.6. The molecule has 0 radical (unpaired) electrons. The topological polar surface area (TPSA) is 71.2 Å². The van der Waals surface area contributed by atoms with Gasteiger partial charge >= 0.3 is 5.97 Å². The first-order valence-corrected chi connectivity index (χ1v) is 6.24. The summed E-state index contributed by atoms with van der Waals surface area (Å²) in [6, 6.07) is 3.35. The third kappa shape index (κ3) is 3.27. The normalized spacial score (nSPS) is 10.4. The van der Waals surface area contributed by atoms with Gasteiger partial charge < -0.3 is 15.0 Å². The van der Waals surface area contributed by atoms with Crippen LogP contribution in [0.25, 0.3) is 0 Å². The van der Waals surface area contributed by atoms with Crippen molar-refractivity contribution in [3.63, 3.8) is 0 Å². The number of hydrogen-bond acceptors (Lipinski definition) is 4. The summed E-state index contributed by atoms with van der Waals surface area (Å²) < 4.78 is 44.5. The number of halogens is 3. The van der Waals surface area contributed by atoms with Crippen molar-refractivity contribution in [2.45, 2.75) is 6.92 Å². The summed E-state index contributed by atoms with van der Waals surface area (Å²) in [6.45, 7) is 1.58. The quantitative estimate of drug-likeness (QED) is 0.852. The molecule has 0 bridgehead atoms. The maximum absolute atomic E-state index is 13.6. The zero-order chi connectivity index (χ0) is 16.3. The fourth-order valence-corrected chi connectivity index (χ4v) is 1.70. The Kier molecular flexibility index (Phi) is 4.50. The van der Waals surface area contributed by atoms with E-state index in [2.05, 4.69) is 10.3 Å². The van der Waals surface area contributed by atoms with Crippen LogP contribution in [-0.2, 0) is 4.74 Å². The maximum atomic E-state index is 13.6. The number of esters is 1. The maximum Gasteiger partial charge on any atom is 0.341 e. The van der Waals surface area contributed by atoms with Gasteiger partial charge in [0.05, 0.1) is 12.3 Å². The predicted molar refractivity (Wildman–Crippen MR) is 72.6 cm³/mol. The van der Waals surface area contributed by atoms with Crippen LogP contribution in [0.5, 0.6) is 0 Å². The van der Waals surface area contributed by atoms with Gasteiger partial charge in [-0.15, -0.1) is 0 Å². The molecule has 0 atom stereocenters. The first-order chi connectivity index (χ1) is 10.4. The van der Waals surface area contributed by atoms with Gasteiger partial charge in [-0.2, -0.15) is 0 Å². The molecule has 0 fully saturated rings. The number of aromatic amines is 1. The van der Waals surface area contributed by atoms with Crippen LogP contribution in [0.1, 0.15) is 17.3 Å². The molecule has 2 aromatic rings. The van der Waals surface area contributed by atoms with Crippen LogP contribution in [0.4, 0.5) is 24.7 Å². The van der Waals surface area contributed by atoms with Gasteiger partial charge in [-0.25, -0.2) is 18.0 Å². The summed E-state index contributed by atoms with van der Waals surface area (Å²) in [5, 5.41) is 2.41. The summed E-state index contributed by atoms with van der Waals surface area (Å²) in [6.07, 6.45) is 0. The summed E-state index contributed by atoms with van der Waals surface area (Å²) >= 11 is 0. The summed E-state index contributed by atoms with van der Waals surface area (Å²) in [5.41, 5.74) is -1.62. The van der Waals surface area contributed by atoms with Crippen LogP contribution in [0.2, 0.25) is 0 Å². The number of anilines is 2. The van der Waals surface area contributed by atoms with Gasteiger partial charge in [-0.3, -0.25) is 4.79 Å². The van der Waals surface area contributed by atoms with Crippen molar-refractivity contribution in [3.8, 4) is 0 Å². The molecule has 22 heavy (non-hydrogen) atoms. The zero-order valence-electron chi connectivity index (χ0n) is 11.4. The lowest BCUT2D eigenvalue weighted by Gasteiger charge is -2.11. The number of rotatable bonds is 4. The Labute approximate surface area is 122 Å². The van der Waals surface area contributed by atoms with Crippen LogP contribution >= 0.6 is 0 Å². The monoisotopic (exact) mass is 312 g/mol. The van der Waals surface area contributed by atoms with E-state index in [0.29, 0.717) is 12.1 Å². The average Bonchev–Trinajstić information content (AvgIpc) is 2.45. The van der Waals surface area contributed by atoms with E-state index in [1.807, 2.05) is 0 Å². The average molecular weight is 312 g/mol. The molecule has 116 valence electrons. The van der Waals surface area contributed by atoms with E-state index < -0.39 is 29.0 Å². The van der Waals surface area contributed by atoms with Crippen molar-refractivity contribution in [2.75, 3.05) is 11.9 Å². The Morgan fingerprint density at radius 2 is 1.95 bits per heavy atom. The molecule has 0 spiro atoms. The van der Waals surface area contributed by atoms with E-state index in [1.165, 1.54) is 0 Å². The molecule has 1 aromatic heterocycles. The van der Waals surface area contributed by atoms with Gasteiger partial charge in [-0.1, -0.05) is 0 Å². The van der Waals surface area contributed by atoms with Crippen LogP contribution < -0.4 is 10.9 Å².